The summed E-state index contributed by atoms with van der Waals surface area (Å²) >= 11 is 0. The van der Waals surface area contributed by atoms with Gasteiger partial charge in [-0.2, -0.15) is 5.10 Å². The minimum atomic E-state index is -0.625. The number of rotatable bonds is 5. The number of anilines is 1. The Kier molecular flexibility index (Phi) is 4.70. The van der Waals surface area contributed by atoms with Crippen molar-refractivity contribution in [2.24, 2.45) is 0 Å². The molecule has 0 aliphatic rings. The van der Waals surface area contributed by atoms with E-state index in [-0.39, 0.29) is 5.91 Å². The SMILES string of the molecule is Cc1ccc(Cn2nccc2NC(=O)C(C)(C)c2ccccc2)cc1. The van der Waals surface area contributed by atoms with Crippen LogP contribution in [0.3, 0.4) is 0 Å². The van der Waals surface area contributed by atoms with Crippen LogP contribution in [0.4, 0.5) is 5.82 Å². The van der Waals surface area contributed by atoms with Gasteiger partial charge in [0, 0.05) is 6.07 Å². The van der Waals surface area contributed by atoms with Crippen LogP contribution < -0.4 is 5.32 Å². The van der Waals surface area contributed by atoms with E-state index in [1.54, 1.807) is 6.20 Å². The Morgan fingerprint density at radius 2 is 1.72 bits per heavy atom. The van der Waals surface area contributed by atoms with Crippen molar-refractivity contribution in [3.63, 3.8) is 0 Å². The van der Waals surface area contributed by atoms with Crippen molar-refractivity contribution in [1.82, 2.24) is 9.78 Å². The summed E-state index contributed by atoms with van der Waals surface area (Å²) in [5.41, 5.74) is 2.73. The average Bonchev–Trinajstić information content (AvgIpc) is 3.04. The largest absolute Gasteiger partial charge is 0.310 e. The molecule has 0 saturated heterocycles. The fourth-order valence-corrected chi connectivity index (χ4v) is 2.69. The quantitative estimate of drug-likeness (QED) is 0.762. The number of hydrogen-bond donors (Lipinski definition) is 1. The second-order valence-corrected chi connectivity index (χ2v) is 6.80. The molecule has 2 aromatic carbocycles. The number of carbonyl (C=O) groups excluding carboxylic acids is 1. The van der Waals surface area contributed by atoms with Gasteiger partial charge in [0.15, 0.2) is 0 Å². The number of aryl methyl sites for hydroxylation is 1. The third-order valence-electron chi connectivity index (χ3n) is 4.47. The molecule has 128 valence electrons. The number of hydrogen-bond acceptors (Lipinski definition) is 2. The summed E-state index contributed by atoms with van der Waals surface area (Å²) in [5.74, 6) is 0.652. The van der Waals surface area contributed by atoms with Gasteiger partial charge in [0.1, 0.15) is 5.82 Å². The number of amides is 1. The molecule has 4 heteroatoms. The summed E-state index contributed by atoms with van der Waals surface area (Å²) in [4.78, 5) is 12.8. The van der Waals surface area contributed by atoms with Crippen LogP contribution in [0.2, 0.25) is 0 Å². The van der Waals surface area contributed by atoms with Gasteiger partial charge < -0.3 is 5.32 Å². The van der Waals surface area contributed by atoms with Crippen LogP contribution in [0.1, 0.15) is 30.5 Å². The fraction of sp³-hybridized carbons (Fsp3) is 0.238. The Morgan fingerprint density at radius 1 is 1.04 bits per heavy atom. The topological polar surface area (TPSA) is 46.9 Å². The van der Waals surface area contributed by atoms with Crippen LogP contribution in [0.15, 0.2) is 66.9 Å². The first kappa shape index (κ1) is 17.0. The van der Waals surface area contributed by atoms with Crippen LogP contribution in [0.25, 0.3) is 0 Å². The second kappa shape index (κ2) is 6.93. The number of nitrogens with zero attached hydrogens (tertiary/aromatic N) is 2. The summed E-state index contributed by atoms with van der Waals surface area (Å²) in [7, 11) is 0. The van der Waals surface area contributed by atoms with Gasteiger partial charge in [0.25, 0.3) is 0 Å². The highest BCUT2D eigenvalue weighted by Gasteiger charge is 2.30. The molecule has 0 bridgehead atoms. The van der Waals surface area contributed by atoms with Crippen molar-refractivity contribution in [2.45, 2.75) is 32.7 Å². The molecule has 3 rings (SSSR count). The maximum Gasteiger partial charge on any atom is 0.235 e. The molecule has 1 N–H and O–H groups in total. The van der Waals surface area contributed by atoms with E-state index in [1.807, 2.05) is 54.9 Å². The summed E-state index contributed by atoms with van der Waals surface area (Å²) in [6.07, 6.45) is 1.71. The van der Waals surface area contributed by atoms with Crippen molar-refractivity contribution in [2.75, 3.05) is 5.32 Å². The van der Waals surface area contributed by atoms with Gasteiger partial charge in [0.2, 0.25) is 5.91 Å². The molecule has 0 aliphatic heterocycles. The molecular formula is C21H23N3O. The summed E-state index contributed by atoms with van der Waals surface area (Å²) in [6, 6.07) is 19.9. The van der Waals surface area contributed by atoms with Crippen molar-refractivity contribution >= 4 is 11.7 Å². The first-order valence-electron chi connectivity index (χ1n) is 8.41. The van der Waals surface area contributed by atoms with E-state index in [0.29, 0.717) is 12.4 Å². The summed E-state index contributed by atoms with van der Waals surface area (Å²) in [5, 5.41) is 7.37. The maximum absolute atomic E-state index is 12.8. The molecule has 0 saturated carbocycles. The number of aromatic nitrogens is 2. The van der Waals surface area contributed by atoms with E-state index in [1.165, 1.54) is 5.56 Å². The van der Waals surface area contributed by atoms with Crippen molar-refractivity contribution in [3.05, 3.63) is 83.6 Å². The van der Waals surface area contributed by atoms with Crippen LogP contribution >= 0.6 is 0 Å². The lowest BCUT2D eigenvalue weighted by Gasteiger charge is -2.24. The standard InChI is InChI=1S/C21H23N3O/c1-16-9-11-17(12-10-16)15-24-19(13-14-22-24)23-20(25)21(2,3)18-7-5-4-6-8-18/h4-14H,15H2,1-3H3,(H,23,25). The molecular weight excluding hydrogens is 310 g/mol. The second-order valence-electron chi connectivity index (χ2n) is 6.80. The van der Waals surface area contributed by atoms with E-state index in [9.17, 15) is 4.79 Å². The van der Waals surface area contributed by atoms with Gasteiger partial charge in [-0.15, -0.1) is 0 Å². The van der Waals surface area contributed by atoms with Crippen LogP contribution in [0.5, 0.6) is 0 Å². The van der Waals surface area contributed by atoms with Gasteiger partial charge in [-0.3, -0.25) is 4.79 Å². The third-order valence-corrected chi connectivity index (χ3v) is 4.47. The van der Waals surface area contributed by atoms with Crippen LogP contribution in [-0.4, -0.2) is 15.7 Å². The molecule has 0 fully saturated rings. The van der Waals surface area contributed by atoms with Gasteiger partial charge >= 0.3 is 0 Å². The molecule has 3 aromatic rings. The van der Waals surface area contributed by atoms with E-state index in [4.69, 9.17) is 0 Å². The lowest BCUT2D eigenvalue weighted by molar-refractivity contribution is -0.120. The first-order chi connectivity index (χ1) is 12.0. The lowest BCUT2D eigenvalue weighted by Crippen LogP contribution is -2.35. The van der Waals surface area contributed by atoms with E-state index >= 15 is 0 Å². The zero-order valence-electron chi connectivity index (χ0n) is 14.9. The van der Waals surface area contributed by atoms with Crippen molar-refractivity contribution < 1.29 is 4.79 Å². The fourth-order valence-electron chi connectivity index (χ4n) is 2.69. The van der Waals surface area contributed by atoms with E-state index in [0.717, 1.165) is 11.1 Å². The smallest absolute Gasteiger partial charge is 0.235 e. The number of carbonyl (C=O) groups is 1. The number of benzene rings is 2. The Bertz CT molecular complexity index is 848. The Balaban J connectivity index is 1.76. The van der Waals surface area contributed by atoms with Gasteiger partial charge in [-0.05, 0) is 31.9 Å². The monoisotopic (exact) mass is 333 g/mol. The first-order valence-corrected chi connectivity index (χ1v) is 8.41. The van der Waals surface area contributed by atoms with Gasteiger partial charge in [-0.1, -0.05) is 60.2 Å². The molecule has 25 heavy (non-hydrogen) atoms. The zero-order chi connectivity index (χ0) is 17.9. The highest BCUT2D eigenvalue weighted by molar-refractivity contribution is 5.98. The molecule has 4 nitrogen and oxygen atoms in total. The molecule has 0 atom stereocenters. The Hall–Kier alpha value is -2.88. The third kappa shape index (κ3) is 3.79. The minimum absolute atomic E-state index is 0.0515. The highest BCUT2D eigenvalue weighted by Crippen LogP contribution is 2.25. The summed E-state index contributed by atoms with van der Waals surface area (Å²) < 4.78 is 1.81. The van der Waals surface area contributed by atoms with E-state index < -0.39 is 5.41 Å². The Labute approximate surface area is 148 Å². The number of nitrogens with one attached hydrogen (secondary N) is 1. The molecule has 0 radical (unpaired) electrons. The zero-order valence-corrected chi connectivity index (χ0v) is 14.9. The average molecular weight is 333 g/mol. The predicted molar refractivity (Wildman–Crippen MR) is 101 cm³/mol. The lowest BCUT2D eigenvalue weighted by atomic mass is 9.84. The molecule has 0 unspecified atom stereocenters. The minimum Gasteiger partial charge on any atom is -0.310 e. The van der Waals surface area contributed by atoms with Gasteiger partial charge in [-0.25, -0.2) is 4.68 Å². The van der Waals surface area contributed by atoms with Crippen LogP contribution in [-0.2, 0) is 16.8 Å². The molecule has 1 aromatic heterocycles. The highest BCUT2D eigenvalue weighted by atomic mass is 16.2. The molecule has 1 amide bonds. The van der Waals surface area contributed by atoms with Crippen molar-refractivity contribution in [3.8, 4) is 0 Å². The summed E-state index contributed by atoms with van der Waals surface area (Å²) in [6.45, 7) is 6.54. The van der Waals surface area contributed by atoms with Crippen molar-refractivity contribution in [1.29, 1.82) is 0 Å². The predicted octanol–water partition coefficient (Wildman–Crippen LogP) is 4.16. The molecule has 0 spiro atoms. The van der Waals surface area contributed by atoms with E-state index in [2.05, 4.69) is 41.6 Å². The Morgan fingerprint density at radius 3 is 2.40 bits per heavy atom. The molecule has 0 aliphatic carbocycles. The van der Waals surface area contributed by atoms with Gasteiger partial charge in [0.05, 0.1) is 18.2 Å². The maximum atomic E-state index is 12.8. The normalized spacial score (nSPS) is 11.3. The molecule has 1 heterocycles. The van der Waals surface area contributed by atoms with Crippen LogP contribution in [0, 0.1) is 6.92 Å².